The first-order valence-corrected chi connectivity index (χ1v) is 5.01. The van der Waals surface area contributed by atoms with Crippen LogP contribution in [0.2, 0.25) is 0 Å². The lowest BCUT2D eigenvalue weighted by Gasteiger charge is -2.05. The molecular weight excluding hydrogens is 204 g/mol. The Labute approximate surface area is 91.3 Å². The molecule has 16 heavy (non-hydrogen) atoms. The number of nitrogens with zero attached hydrogens (tertiary/aromatic N) is 4. The van der Waals surface area contributed by atoms with E-state index < -0.39 is 0 Å². The van der Waals surface area contributed by atoms with Gasteiger partial charge in [0.15, 0.2) is 5.65 Å². The molecule has 0 radical (unpaired) electrons. The lowest BCUT2D eigenvalue weighted by Crippen LogP contribution is -1.94. The summed E-state index contributed by atoms with van der Waals surface area (Å²) >= 11 is 0. The zero-order valence-corrected chi connectivity index (χ0v) is 8.75. The van der Waals surface area contributed by atoms with E-state index in [-0.39, 0.29) is 6.61 Å². The summed E-state index contributed by atoms with van der Waals surface area (Å²) in [7, 11) is 0. The van der Waals surface area contributed by atoms with E-state index in [0.717, 1.165) is 27.7 Å². The Balaban J connectivity index is 2.52. The Morgan fingerprint density at radius 1 is 1.31 bits per heavy atom. The van der Waals surface area contributed by atoms with Gasteiger partial charge in [0.2, 0.25) is 0 Å². The van der Waals surface area contributed by atoms with Crippen LogP contribution in [-0.2, 0) is 6.61 Å². The van der Waals surface area contributed by atoms with Gasteiger partial charge >= 0.3 is 0 Å². The van der Waals surface area contributed by atoms with Crippen molar-refractivity contribution in [3.05, 3.63) is 35.4 Å². The molecule has 1 aromatic carbocycles. The molecule has 0 atom stereocenters. The van der Waals surface area contributed by atoms with Gasteiger partial charge in [-0.05, 0) is 40.6 Å². The zero-order chi connectivity index (χ0) is 11.1. The van der Waals surface area contributed by atoms with Crippen LogP contribution in [0, 0.1) is 6.92 Å². The van der Waals surface area contributed by atoms with Gasteiger partial charge in [-0.1, -0.05) is 12.1 Å². The fraction of sp³-hybridized carbons (Fsp3) is 0.182. The summed E-state index contributed by atoms with van der Waals surface area (Å²) < 4.78 is 1.68. The van der Waals surface area contributed by atoms with E-state index in [1.54, 1.807) is 4.52 Å². The number of aliphatic hydroxyl groups is 1. The number of aliphatic hydroxyl groups excluding tert-OH is 1. The van der Waals surface area contributed by atoms with Crippen LogP contribution in [0.25, 0.3) is 16.6 Å². The normalized spacial score (nSPS) is 11.4. The molecule has 0 amide bonds. The van der Waals surface area contributed by atoms with Gasteiger partial charge in [0.05, 0.1) is 12.1 Å². The summed E-state index contributed by atoms with van der Waals surface area (Å²) in [4.78, 5) is 0. The van der Waals surface area contributed by atoms with Crippen molar-refractivity contribution in [3.63, 3.8) is 0 Å². The Morgan fingerprint density at radius 3 is 3.00 bits per heavy atom. The molecule has 5 nitrogen and oxygen atoms in total. The molecule has 3 rings (SSSR count). The lowest BCUT2D eigenvalue weighted by molar-refractivity contribution is 0.282. The first-order chi connectivity index (χ1) is 7.79. The molecule has 0 fully saturated rings. The van der Waals surface area contributed by atoms with Gasteiger partial charge in [0.1, 0.15) is 0 Å². The highest BCUT2D eigenvalue weighted by molar-refractivity contribution is 5.85. The Morgan fingerprint density at radius 2 is 2.19 bits per heavy atom. The number of hydrogen-bond acceptors (Lipinski definition) is 4. The topological polar surface area (TPSA) is 63.3 Å². The molecule has 2 aromatic heterocycles. The molecule has 0 aliphatic heterocycles. The van der Waals surface area contributed by atoms with E-state index in [1.165, 1.54) is 0 Å². The van der Waals surface area contributed by atoms with Crippen molar-refractivity contribution >= 4 is 16.6 Å². The summed E-state index contributed by atoms with van der Waals surface area (Å²) in [6, 6.07) is 7.75. The summed E-state index contributed by atoms with van der Waals surface area (Å²) in [5.74, 6) is 0. The predicted molar refractivity (Wildman–Crippen MR) is 58.9 cm³/mol. The molecular formula is C11H10N4O. The van der Waals surface area contributed by atoms with Crippen molar-refractivity contribution in [1.29, 1.82) is 0 Å². The molecule has 2 heterocycles. The van der Waals surface area contributed by atoms with Gasteiger partial charge < -0.3 is 5.11 Å². The second-order valence-corrected chi connectivity index (χ2v) is 3.79. The van der Waals surface area contributed by atoms with Crippen molar-refractivity contribution in [2.75, 3.05) is 0 Å². The fourth-order valence-electron chi connectivity index (χ4n) is 1.91. The van der Waals surface area contributed by atoms with Crippen LogP contribution >= 0.6 is 0 Å². The molecule has 80 valence electrons. The molecule has 0 saturated heterocycles. The van der Waals surface area contributed by atoms with Gasteiger partial charge in [0, 0.05) is 5.39 Å². The smallest absolute Gasteiger partial charge is 0.180 e. The van der Waals surface area contributed by atoms with Crippen molar-refractivity contribution in [2.45, 2.75) is 13.5 Å². The van der Waals surface area contributed by atoms with E-state index in [1.807, 2.05) is 31.2 Å². The number of hydrogen-bond donors (Lipinski definition) is 1. The number of aromatic nitrogens is 4. The summed E-state index contributed by atoms with van der Waals surface area (Å²) in [5.41, 5.74) is 3.63. The maximum atomic E-state index is 9.13. The Bertz CT molecular complexity index is 674. The standard InChI is InChI=1S/C11H10N4O/c1-7-4-11-12-13-14-15(11)10-5-8(6-16)2-3-9(7)10/h2-5,16H,6H2,1H3. The molecule has 0 aliphatic rings. The molecule has 0 bridgehead atoms. The van der Waals surface area contributed by atoms with Crippen LogP contribution in [0.15, 0.2) is 24.3 Å². The molecule has 0 unspecified atom stereocenters. The van der Waals surface area contributed by atoms with Crippen LogP contribution < -0.4 is 0 Å². The van der Waals surface area contributed by atoms with Crippen molar-refractivity contribution < 1.29 is 5.11 Å². The monoisotopic (exact) mass is 214 g/mol. The molecule has 0 aliphatic carbocycles. The number of aryl methyl sites for hydroxylation is 1. The average molecular weight is 214 g/mol. The van der Waals surface area contributed by atoms with Crippen molar-refractivity contribution in [1.82, 2.24) is 20.0 Å². The van der Waals surface area contributed by atoms with Crippen LogP contribution in [0.3, 0.4) is 0 Å². The Hall–Kier alpha value is -2.01. The van der Waals surface area contributed by atoms with Crippen LogP contribution in [0.5, 0.6) is 0 Å². The number of rotatable bonds is 1. The summed E-state index contributed by atoms with van der Waals surface area (Å²) in [6.45, 7) is 2.04. The minimum Gasteiger partial charge on any atom is -0.392 e. The van der Waals surface area contributed by atoms with Gasteiger partial charge in [-0.25, -0.2) is 0 Å². The van der Waals surface area contributed by atoms with Crippen molar-refractivity contribution in [3.8, 4) is 0 Å². The highest BCUT2D eigenvalue weighted by Gasteiger charge is 2.06. The van der Waals surface area contributed by atoms with Crippen LogP contribution in [-0.4, -0.2) is 25.1 Å². The van der Waals surface area contributed by atoms with E-state index in [9.17, 15) is 0 Å². The average Bonchev–Trinajstić information content (AvgIpc) is 2.76. The van der Waals surface area contributed by atoms with Gasteiger partial charge in [-0.15, -0.1) is 5.10 Å². The third-order valence-corrected chi connectivity index (χ3v) is 2.74. The highest BCUT2D eigenvalue weighted by atomic mass is 16.3. The van der Waals surface area contributed by atoms with Crippen LogP contribution in [0.4, 0.5) is 0 Å². The van der Waals surface area contributed by atoms with E-state index >= 15 is 0 Å². The minimum atomic E-state index is 0.0213. The van der Waals surface area contributed by atoms with Gasteiger partial charge in [0.25, 0.3) is 0 Å². The second kappa shape index (κ2) is 3.24. The van der Waals surface area contributed by atoms with Gasteiger partial charge in [-0.3, -0.25) is 0 Å². The molecule has 1 N–H and O–H groups in total. The number of fused-ring (bicyclic) bond motifs is 3. The second-order valence-electron chi connectivity index (χ2n) is 3.79. The zero-order valence-electron chi connectivity index (χ0n) is 8.75. The number of tetrazole rings is 1. The van der Waals surface area contributed by atoms with E-state index in [0.29, 0.717) is 0 Å². The largest absolute Gasteiger partial charge is 0.392 e. The van der Waals surface area contributed by atoms with Crippen LogP contribution in [0.1, 0.15) is 11.1 Å². The maximum absolute atomic E-state index is 9.13. The third kappa shape index (κ3) is 1.18. The molecule has 5 heteroatoms. The highest BCUT2D eigenvalue weighted by Crippen LogP contribution is 2.20. The molecule has 0 saturated carbocycles. The van der Waals surface area contributed by atoms with Crippen molar-refractivity contribution in [2.24, 2.45) is 0 Å². The summed E-state index contributed by atoms with van der Waals surface area (Å²) in [6.07, 6.45) is 0. The SMILES string of the molecule is Cc1cc2nnnn2c2cc(CO)ccc12. The molecule has 3 aromatic rings. The predicted octanol–water partition coefficient (Wildman–Crippen LogP) is 1.08. The van der Waals surface area contributed by atoms with E-state index in [2.05, 4.69) is 15.5 Å². The van der Waals surface area contributed by atoms with E-state index in [4.69, 9.17) is 5.11 Å². The fourth-order valence-corrected chi connectivity index (χ4v) is 1.91. The third-order valence-electron chi connectivity index (χ3n) is 2.74. The first kappa shape index (κ1) is 9.23. The Kier molecular flexibility index (Phi) is 1.87. The minimum absolute atomic E-state index is 0.0213. The number of benzene rings is 1. The first-order valence-electron chi connectivity index (χ1n) is 5.01. The molecule has 0 spiro atoms. The number of pyridine rings is 1. The maximum Gasteiger partial charge on any atom is 0.180 e. The lowest BCUT2D eigenvalue weighted by atomic mass is 10.1. The van der Waals surface area contributed by atoms with Gasteiger partial charge in [-0.2, -0.15) is 4.52 Å². The summed E-state index contributed by atoms with van der Waals surface area (Å²) in [5, 5.41) is 21.7. The quantitative estimate of drug-likeness (QED) is 0.658.